The maximum absolute atomic E-state index is 12.4. The van der Waals surface area contributed by atoms with Crippen LogP contribution in [0.3, 0.4) is 0 Å². The van der Waals surface area contributed by atoms with E-state index in [-0.39, 0.29) is 6.04 Å². The fourth-order valence-corrected chi connectivity index (χ4v) is 3.80. The van der Waals surface area contributed by atoms with Crippen molar-refractivity contribution in [3.05, 3.63) is 18.2 Å². The second-order valence-electron chi connectivity index (χ2n) is 5.93. The molecule has 2 atom stereocenters. The quantitative estimate of drug-likeness (QED) is 0.760. The summed E-state index contributed by atoms with van der Waals surface area (Å²) in [4.78, 5) is 12.4. The number of carbonyl (C=O) groups is 1. The molecular formula is C16H24N2O6S. The van der Waals surface area contributed by atoms with Crippen LogP contribution in [-0.2, 0) is 19.6 Å². The average Bonchev–Trinajstić information content (AvgIpc) is 2.53. The van der Waals surface area contributed by atoms with Crippen molar-refractivity contribution in [3.63, 3.8) is 0 Å². The van der Waals surface area contributed by atoms with Crippen molar-refractivity contribution in [2.45, 2.75) is 25.9 Å². The number of hydrogen-bond acceptors (Lipinski definition) is 6. The predicted molar refractivity (Wildman–Crippen MR) is 93.7 cm³/mol. The lowest BCUT2D eigenvalue weighted by atomic mass is 10.2. The van der Waals surface area contributed by atoms with Crippen molar-refractivity contribution < 1.29 is 27.4 Å². The molecule has 0 aromatic heterocycles. The highest BCUT2D eigenvalue weighted by Crippen LogP contribution is 2.35. The Hall–Kier alpha value is -2.00. The number of ether oxygens (including phenoxy) is 3. The first-order valence-corrected chi connectivity index (χ1v) is 9.77. The lowest BCUT2D eigenvalue weighted by molar-refractivity contribution is -0.122. The minimum atomic E-state index is -3.69. The topological polar surface area (TPSA) is 94.2 Å². The lowest BCUT2D eigenvalue weighted by Gasteiger charge is -2.30. The SMILES string of the molecule is COC[C@H](C)NC(=O)[C@H](C)N(c1ccc2c(c1)OCCO2)S(C)(=O)=O. The minimum absolute atomic E-state index is 0.235. The molecule has 1 N–H and O–H groups in total. The van der Waals surface area contributed by atoms with Gasteiger partial charge in [-0.2, -0.15) is 0 Å². The summed E-state index contributed by atoms with van der Waals surface area (Å²) in [6, 6.07) is 3.63. The molecule has 140 valence electrons. The Morgan fingerprint density at radius 2 is 1.92 bits per heavy atom. The van der Waals surface area contributed by atoms with E-state index >= 15 is 0 Å². The molecule has 0 spiro atoms. The summed E-state index contributed by atoms with van der Waals surface area (Å²) in [6.45, 7) is 4.48. The first-order valence-electron chi connectivity index (χ1n) is 7.92. The molecule has 0 radical (unpaired) electrons. The van der Waals surface area contributed by atoms with Gasteiger partial charge in [-0.25, -0.2) is 8.42 Å². The predicted octanol–water partition coefficient (Wildman–Crippen LogP) is 0.763. The Bertz CT molecular complexity index is 721. The lowest BCUT2D eigenvalue weighted by Crippen LogP contribution is -2.50. The van der Waals surface area contributed by atoms with Gasteiger partial charge in [0.1, 0.15) is 19.3 Å². The van der Waals surface area contributed by atoms with Gasteiger partial charge in [0.05, 0.1) is 18.6 Å². The summed E-state index contributed by atoms with van der Waals surface area (Å²) >= 11 is 0. The van der Waals surface area contributed by atoms with Crippen molar-refractivity contribution in [2.24, 2.45) is 0 Å². The molecule has 2 rings (SSSR count). The number of carbonyl (C=O) groups excluding carboxylic acids is 1. The first kappa shape index (κ1) is 19.3. The van der Waals surface area contributed by atoms with E-state index in [1.165, 1.54) is 14.0 Å². The summed E-state index contributed by atoms with van der Waals surface area (Å²) in [5.41, 5.74) is 0.341. The smallest absolute Gasteiger partial charge is 0.243 e. The van der Waals surface area contributed by atoms with E-state index in [0.29, 0.717) is 37.0 Å². The number of rotatable bonds is 7. The van der Waals surface area contributed by atoms with Gasteiger partial charge in [0, 0.05) is 19.2 Å². The Balaban J connectivity index is 2.29. The van der Waals surface area contributed by atoms with E-state index in [4.69, 9.17) is 14.2 Å². The molecule has 1 aliphatic heterocycles. The van der Waals surface area contributed by atoms with Crippen LogP contribution in [0.5, 0.6) is 11.5 Å². The average molecular weight is 372 g/mol. The van der Waals surface area contributed by atoms with Gasteiger partial charge in [-0.15, -0.1) is 0 Å². The van der Waals surface area contributed by atoms with Gasteiger partial charge in [-0.3, -0.25) is 9.10 Å². The van der Waals surface area contributed by atoms with Crippen LogP contribution >= 0.6 is 0 Å². The third-order valence-electron chi connectivity index (χ3n) is 3.67. The Kier molecular flexibility index (Phi) is 6.12. The van der Waals surface area contributed by atoms with E-state index < -0.39 is 22.0 Å². The first-order chi connectivity index (χ1) is 11.7. The maximum atomic E-state index is 12.4. The summed E-state index contributed by atoms with van der Waals surface area (Å²) in [5.74, 6) is 0.594. The molecule has 1 aromatic rings. The molecule has 8 nitrogen and oxygen atoms in total. The highest BCUT2D eigenvalue weighted by molar-refractivity contribution is 7.92. The van der Waals surface area contributed by atoms with Crippen LogP contribution < -0.4 is 19.1 Å². The minimum Gasteiger partial charge on any atom is -0.486 e. The number of anilines is 1. The van der Waals surface area contributed by atoms with E-state index in [0.717, 1.165) is 10.6 Å². The standard InChI is InChI=1S/C16H24N2O6S/c1-11(10-22-3)17-16(19)12(2)18(25(4,20)21)13-5-6-14-15(9-13)24-8-7-23-14/h5-6,9,11-12H,7-8,10H2,1-4H3,(H,17,19)/t11-,12-/m0/s1. The zero-order chi connectivity index (χ0) is 18.6. The second-order valence-corrected chi connectivity index (χ2v) is 7.79. The van der Waals surface area contributed by atoms with Gasteiger partial charge in [-0.1, -0.05) is 0 Å². The molecule has 0 unspecified atom stereocenters. The molecule has 0 fully saturated rings. The Morgan fingerprint density at radius 3 is 2.52 bits per heavy atom. The molecule has 0 saturated carbocycles. The number of benzene rings is 1. The van der Waals surface area contributed by atoms with Gasteiger partial charge < -0.3 is 19.5 Å². The van der Waals surface area contributed by atoms with Gasteiger partial charge in [0.15, 0.2) is 11.5 Å². The summed E-state index contributed by atoms with van der Waals surface area (Å²) in [5, 5.41) is 2.74. The van der Waals surface area contributed by atoms with E-state index in [9.17, 15) is 13.2 Å². The fraction of sp³-hybridized carbons (Fsp3) is 0.562. The van der Waals surface area contributed by atoms with Crippen molar-refractivity contribution in [2.75, 3.05) is 37.5 Å². The highest BCUT2D eigenvalue weighted by Gasteiger charge is 2.30. The molecule has 0 saturated heterocycles. The van der Waals surface area contributed by atoms with Crippen LogP contribution in [0.2, 0.25) is 0 Å². The normalized spacial score (nSPS) is 16.0. The van der Waals surface area contributed by atoms with Gasteiger partial charge in [-0.05, 0) is 26.0 Å². The number of nitrogens with zero attached hydrogens (tertiary/aromatic N) is 1. The Morgan fingerprint density at radius 1 is 1.28 bits per heavy atom. The maximum Gasteiger partial charge on any atom is 0.243 e. The molecular weight excluding hydrogens is 348 g/mol. The van der Waals surface area contributed by atoms with E-state index in [2.05, 4.69) is 5.32 Å². The number of sulfonamides is 1. The zero-order valence-electron chi connectivity index (χ0n) is 14.8. The molecule has 1 aromatic carbocycles. The van der Waals surface area contributed by atoms with Crippen molar-refractivity contribution in [1.29, 1.82) is 0 Å². The van der Waals surface area contributed by atoms with Crippen molar-refractivity contribution >= 4 is 21.6 Å². The summed E-state index contributed by atoms with van der Waals surface area (Å²) in [7, 11) is -2.16. The van der Waals surface area contributed by atoms with E-state index in [1.807, 2.05) is 0 Å². The van der Waals surface area contributed by atoms with Crippen molar-refractivity contribution in [1.82, 2.24) is 5.32 Å². The Labute approximate surface area is 148 Å². The number of nitrogens with one attached hydrogen (secondary N) is 1. The number of hydrogen-bond donors (Lipinski definition) is 1. The largest absolute Gasteiger partial charge is 0.486 e. The van der Waals surface area contributed by atoms with Crippen LogP contribution in [0.25, 0.3) is 0 Å². The number of amides is 1. The van der Waals surface area contributed by atoms with Gasteiger partial charge in [0.25, 0.3) is 0 Å². The third kappa shape index (κ3) is 4.76. The van der Waals surface area contributed by atoms with E-state index in [1.54, 1.807) is 25.1 Å². The summed E-state index contributed by atoms with van der Waals surface area (Å²) in [6.07, 6.45) is 1.06. The molecule has 1 aliphatic rings. The van der Waals surface area contributed by atoms with Crippen LogP contribution in [0.4, 0.5) is 5.69 Å². The summed E-state index contributed by atoms with van der Waals surface area (Å²) < 4.78 is 41.6. The third-order valence-corrected chi connectivity index (χ3v) is 4.92. The molecule has 9 heteroatoms. The molecule has 0 bridgehead atoms. The second kappa shape index (κ2) is 7.92. The monoisotopic (exact) mass is 372 g/mol. The fourth-order valence-electron chi connectivity index (χ4n) is 2.63. The zero-order valence-corrected chi connectivity index (χ0v) is 15.6. The number of methoxy groups -OCH3 is 1. The molecule has 0 aliphatic carbocycles. The number of fused-ring (bicyclic) bond motifs is 1. The van der Waals surface area contributed by atoms with Crippen LogP contribution in [0.15, 0.2) is 18.2 Å². The van der Waals surface area contributed by atoms with Crippen LogP contribution in [0.1, 0.15) is 13.8 Å². The van der Waals surface area contributed by atoms with Gasteiger partial charge >= 0.3 is 0 Å². The molecule has 1 amide bonds. The van der Waals surface area contributed by atoms with Crippen molar-refractivity contribution in [3.8, 4) is 11.5 Å². The van der Waals surface area contributed by atoms with Crippen LogP contribution in [-0.4, -0.2) is 59.6 Å². The molecule has 25 heavy (non-hydrogen) atoms. The molecule has 1 heterocycles. The van der Waals surface area contributed by atoms with Crippen LogP contribution in [0, 0.1) is 0 Å². The highest BCUT2D eigenvalue weighted by atomic mass is 32.2. The van der Waals surface area contributed by atoms with Gasteiger partial charge in [0.2, 0.25) is 15.9 Å².